The van der Waals surface area contributed by atoms with Crippen LogP contribution in [0.5, 0.6) is 11.6 Å². The number of ether oxygens (including phenoxy) is 2. The van der Waals surface area contributed by atoms with Gasteiger partial charge in [0.2, 0.25) is 5.88 Å². The van der Waals surface area contributed by atoms with Crippen LogP contribution in [0.1, 0.15) is 37.0 Å². The summed E-state index contributed by atoms with van der Waals surface area (Å²) < 4.78 is 11.9. The van der Waals surface area contributed by atoms with Crippen molar-refractivity contribution in [3.8, 4) is 34.6 Å². The second kappa shape index (κ2) is 7.57. The standard InChI is InChI=1S/C27H25N5O2/c1-26(2,32-11-4-12-32)9-8-18-13-22-24(30-15-18)34-23-7-6-19(20-5-3-10-29-16-20)14-21(23)27(22)17-33-25(28)31-27/h3,5-7,10,13-16H,4,11-12,17H2,1-2H3,(H2,28,31)/t27-/m0/s1. The van der Waals surface area contributed by atoms with Gasteiger partial charge < -0.3 is 15.2 Å². The van der Waals surface area contributed by atoms with E-state index < -0.39 is 5.54 Å². The average Bonchev–Trinajstić information content (AvgIpc) is 3.19. The number of aliphatic imine (C=N–C) groups is 1. The fraction of sp³-hybridized carbons (Fsp3) is 0.296. The summed E-state index contributed by atoms with van der Waals surface area (Å²) in [5.74, 6) is 7.93. The summed E-state index contributed by atoms with van der Waals surface area (Å²) in [6, 6.07) is 12.1. The number of aromatic nitrogens is 2. The Morgan fingerprint density at radius 2 is 1.97 bits per heavy atom. The van der Waals surface area contributed by atoms with Gasteiger partial charge in [-0.05, 0) is 50.1 Å². The lowest BCUT2D eigenvalue weighted by Gasteiger charge is -2.41. The summed E-state index contributed by atoms with van der Waals surface area (Å²) in [5.41, 5.74) is 9.52. The van der Waals surface area contributed by atoms with Crippen molar-refractivity contribution in [2.45, 2.75) is 31.3 Å². The molecule has 1 spiro atoms. The topological polar surface area (TPSA) is 85.9 Å². The molecular formula is C27H25N5O2. The molecule has 170 valence electrons. The lowest BCUT2D eigenvalue weighted by Crippen LogP contribution is -2.50. The number of amidine groups is 1. The van der Waals surface area contributed by atoms with Gasteiger partial charge >= 0.3 is 0 Å². The van der Waals surface area contributed by atoms with Crippen LogP contribution < -0.4 is 10.5 Å². The summed E-state index contributed by atoms with van der Waals surface area (Å²) in [4.78, 5) is 16.0. The second-order valence-electron chi connectivity index (χ2n) is 9.38. The van der Waals surface area contributed by atoms with Gasteiger partial charge in [0.25, 0.3) is 6.02 Å². The highest BCUT2D eigenvalue weighted by atomic mass is 16.5. The molecule has 0 unspecified atom stereocenters. The van der Waals surface area contributed by atoms with E-state index in [9.17, 15) is 0 Å². The molecule has 3 aliphatic heterocycles. The number of nitrogens with zero attached hydrogens (tertiary/aromatic N) is 4. The predicted molar refractivity (Wildman–Crippen MR) is 129 cm³/mol. The van der Waals surface area contributed by atoms with Crippen molar-refractivity contribution in [1.82, 2.24) is 14.9 Å². The van der Waals surface area contributed by atoms with E-state index in [1.165, 1.54) is 6.42 Å². The zero-order chi connectivity index (χ0) is 23.3. The van der Waals surface area contributed by atoms with Crippen molar-refractivity contribution in [1.29, 1.82) is 0 Å². The first kappa shape index (κ1) is 20.7. The highest BCUT2D eigenvalue weighted by Crippen LogP contribution is 2.51. The van der Waals surface area contributed by atoms with Gasteiger partial charge in [-0.2, -0.15) is 0 Å². The molecule has 1 saturated heterocycles. The van der Waals surface area contributed by atoms with Crippen molar-refractivity contribution in [3.05, 3.63) is 71.7 Å². The molecule has 0 radical (unpaired) electrons. The van der Waals surface area contributed by atoms with Crippen LogP contribution in [0.25, 0.3) is 11.1 Å². The van der Waals surface area contributed by atoms with Crippen molar-refractivity contribution in [2.24, 2.45) is 10.7 Å². The maximum Gasteiger partial charge on any atom is 0.283 e. The van der Waals surface area contributed by atoms with E-state index in [2.05, 4.69) is 46.6 Å². The Kier molecular flexibility index (Phi) is 4.61. The van der Waals surface area contributed by atoms with Crippen LogP contribution in [-0.4, -0.2) is 46.1 Å². The molecule has 7 nitrogen and oxygen atoms in total. The number of hydrogen-bond acceptors (Lipinski definition) is 7. The number of rotatable bonds is 2. The molecule has 0 saturated carbocycles. The van der Waals surface area contributed by atoms with E-state index in [1.54, 1.807) is 12.4 Å². The molecule has 7 heteroatoms. The van der Waals surface area contributed by atoms with E-state index in [-0.39, 0.29) is 18.2 Å². The third-order valence-electron chi connectivity index (χ3n) is 6.81. The molecule has 3 aromatic rings. The molecule has 34 heavy (non-hydrogen) atoms. The Hall–Kier alpha value is -3.89. The van der Waals surface area contributed by atoms with Gasteiger partial charge in [-0.15, -0.1) is 0 Å². The molecule has 3 aliphatic rings. The zero-order valence-electron chi connectivity index (χ0n) is 19.2. The molecule has 0 aliphatic carbocycles. The van der Waals surface area contributed by atoms with Crippen LogP contribution in [0.3, 0.4) is 0 Å². The summed E-state index contributed by atoms with van der Waals surface area (Å²) in [6.45, 7) is 6.75. The van der Waals surface area contributed by atoms with Crippen molar-refractivity contribution in [2.75, 3.05) is 19.7 Å². The predicted octanol–water partition coefficient (Wildman–Crippen LogP) is 3.67. The molecule has 6 rings (SSSR count). The van der Waals surface area contributed by atoms with Crippen molar-refractivity contribution < 1.29 is 9.47 Å². The first-order valence-electron chi connectivity index (χ1n) is 11.4. The van der Waals surface area contributed by atoms with Crippen LogP contribution >= 0.6 is 0 Å². The molecule has 1 fully saturated rings. The Morgan fingerprint density at radius 1 is 1.09 bits per heavy atom. The quantitative estimate of drug-likeness (QED) is 0.599. The first-order chi connectivity index (χ1) is 16.4. The SMILES string of the molecule is CC(C)(C#Cc1cnc2c(c1)[C@]1(COC(N)=N1)c1cc(-c3cccnc3)ccc1O2)N1CCC1. The number of likely N-dealkylation sites (tertiary alicyclic amines) is 1. The van der Waals surface area contributed by atoms with Crippen molar-refractivity contribution >= 4 is 6.02 Å². The summed E-state index contributed by atoms with van der Waals surface area (Å²) in [7, 11) is 0. The Balaban J connectivity index is 1.46. The first-order valence-corrected chi connectivity index (χ1v) is 11.4. The minimum atomic E-state index is -0.844. The maximum atomic E-state index is 6.21. The third kappa shape index (κ3) is 3.30. The van der Waals surface area contributed by atoms with Crippen LogP contribution in [0.4, 0.5) is 0 Å². The fourth-order valence-electron chi connectivity index (χ4n) is 4.69. The minimum absolute atomic E-state index is 0.154. The van der Waals surface area contributed by atoms with E-state index in [4.69, 9.17) is 20.2 Å². The Labute approximate surface area is 198 Å². The van der Waals surface area contributed by atoms with Gasteiger partial charge in [0.1, 0.15) is 12.4 Å². The lowest BCUT2D eigenvalue weighted by molar-refractivity contribution is 0.0955. The molecule has 0 bridgehead atoms. The largest absolute Gasteiger partial charge is 0.462 e. The van der Waals surface area contributed by atoms with Gasteiger partial charge in [0.15, 0.2) is 5.54 Å². The normalized spacial score (nSPS) is 20.7. The summed E-state index contributed by atoms with van der Waals surface area (Å²) >= 11 is 0. The van der Waals surface area contributed by atoms with Gasteiger partial charge in [0.05, 0.1) is 11.1 Å². The van der Waals surface area contributed by atoms with E-state index >= 15 is 0 Å². The summed E-state index contributed by atoms with van der Waals surface area (Å²) in [6.07, 6.45) is 6.58. The zero-order valence-corrected chi connectivity index (χ0v) is 19.2. The molecule has 0 amide bonds. The monoisotopic (exact) mass is 451 g/mol. The number of pyridine rings is 2. The highest BCUT2D eigenvalue weighted by molar-refractivity contribution is 5.77. The van der Waals surface area contributed by atoms with E-state index in [0.717, 1.165) is 40.9 Å². The lowest BCUT2D eigenvalue weighted by atomic mass is 9.81. The van der Waals surface area contributed by atoms with Gasteiger partial charge in [-0.3, -0.25) is 9.88 Å². The van der Waals surface area contributed by atoms with Crippen LogP contribution in [0.2, 0.25) is 0 Å². The number of fused-ring (bicyclic) bond motifs is 4. The fourth-order valence-corrected chi connectivity index (χ4v) is 4.69. The van der Waals surface area contributed by atoms with Crippen LogP contribution in [0, 0.1) is 11.8 Å². The smallest absolute Gasteiger partial charge is 0.283 e. The molecule has 1 aromatic carbocycles. The Bertz CT molecular complexity index is 1370. The third-order valence-corrected chi connectivity index (χ3v) is 6.81. The van der Waals surface area contributed by atoms with E-state index in [0.29, 0.717) is 11.6 Å². The second-order valence-corrected chi connectivity index (χ2v) is 9.38. The number of benzene rings is 1. The molecular weight excluding hydrogens is 426 g/mol. The van der Waals surface area contributed by atoms with Gasteiger partial charge in [0, 0.05) is 48.4 Å². The Morgan fingerprint density at radius 3 is 2.68 bits per heavy atom. The van der Waals surface area contributed by atoms with Crippen LogP contribution in [0.15, 0.2) is 60.0 Å². The van der Waals surface area contributed by atoms with Crippen LogP contribution in [-0.2, 0) is 10.3 Å². The molecule has 2 N–H and O–H groups in total. The number of hydrogen-bond donors (Lipinski definition) is 1. The van der Waals surface area contributed by atoms with E-state index in [1.807, 2.05) is 36.5 Å². The maximum absolute atomic E-state index is 6.21. The minimum Gasteiger partial charge on any atom is -0.462 e. The van der Waals surface area contributed by atoms with Crippen molar-refractivity contribution in [3.63, 3.8) is 0 Å². The highest BCUT2D eigenvalue weighted by Gasteiger charge is 2.47. The summed E-state index contributed by atoms with van der Waals surface area (Å²) in [5, 5.41) is 0. The molecule has 1 atom stereocenters. The van der Waals surface area contributed by atoms with Gasteiger partial charge in [-0.25, -0.2) is 9.98 Å². The van der Waals surface area contributed by atoms with Gasteiger partial charge in [-0.1, -0.05) is 24.0 Å². The number of nitrogens with two attached hydrogens (primary N) is 1. The molecule has 2 aromatic heterocycles. The molecule has 5 heterocycles. The average molecular weight is 452 g/mol.